The van der Waals surface area contributed by atoms with Crippen LogP contribution in [0.2, 0.25) is 0 Å². The molecule has 0 N–H and O–H groups in total. The van der Waals surface area contributed by atoms with Gasteiger partial charge in [0.25, 0.3) is 0 Å². The third kappa shape index (κ3) is 6.62. The minimum atomic E-state index is -1.26. The van der Waals surface area contributed by atoms with Crippen LogP contribution in [0.3, 0.4) is 0 Å². The Hall–Kier alpha value is -2.22. The first-order chi connectivity index (χ1) is 25.4. The van der Waals surface area contributed by atoms with Crippen molar-refractivity contribution in [3.8, 4) is 0 Å². The molecule has 0 amide bonds. The van der Waals surface area contributed by atoms with Gasteiger partial charge in [0.1, 0.15) is 24.4 Å². The van der Waals surface area contributed by atoms with Crippen LogP contribution in [-0.2, 0) is 75.9 Å². The number of epoxide rings is 1. The SMILES string of the molecule is CC1(C)O[C@H]2O[C@H]([C@H]3COC(C)(C)O3)[C@H](OC(=O)C3=C(C(=O)O[C@@H]4[C@H]5OC(C)(C)O[C@H]5O[C@@H]4[C@H]4COC(C)(C)O4)[C@@]45CCCCCCC3=CO[C@H]4O5)[C@H]2O1. The number of rotatable bonds is 6. The molecule has 0 aromatic carbocycles. The lowest BCUT2D eigenvalue weighted by Gasteiger charge is -2.30. The van der Waals surface area contributed by atoms with Gasteiger partial charge < -0.3 is 66.3 Å². The fourth-order valence-electron chi connectivity index (χ4n) is 9.09. The number of esters is 2. The molecule has 0 aromatic heterocycles. The van der Waals surface area contributed by atoms with Crippen LogP contribution in [0.4, 0.5) is 0 Å². The van der Waals surface area contributed by atoms with Gasteiger partial charge in [-0.1, -0.05) is 12.8 Å². The second-order valence-corrected chi connectivity index (χ2v) is 17.4. The van der Waals surface area contributed by atoms with Crippen LogP contribution in [0.5, 0.6) is 0 Å². The second kappa shape index (κ2) is 12.9. The number of fused-ring (bicyclic) bond motifs is 3. The van der Waals surface area contributed by atoms with Gasteiger partial charge in [-0.05, 0) is 81.1 Å². The number of hydrogen-bond acceptors (Lipinski definition) is 16. The summed E-state index contributed by atoms with van der Waals surface area (Å²) in [5.74, 6) is -5.29. The molecule has 2 bridgehead atoms. The molecule has 0 aromatic rings. The zero-order chi connectivity index (χ0) is 38.0. The Labute approximate surface area is 314 Å². The molecule has 0 unspecified atom stereocenters. The van der Waals surface area contributed by atoms with E-state index >= 15 is 4.79 Å². The highest BCUT2D eigenvalue weighted by Crippen LogP contribution is 2.54. The predicted octanol–water partition coefficient (Wildman–Crippen LogP) is 3.53. The van der Waals surface area contributed by atoms with E-state index in [0.29, 0.717) is 18.4 Å². The molecule has 9 aliphatic rings. The van der Waals surface area contributed by atoms with Crippen molar-refractivity contribution < 1.29 is 75.9 Å². The first-order valence-corrected chi connectivity index (χ1v) is 19.3. The highest BCUT2D eigenvalue weighted by Gasteiger charge is 2.68. The largest absolute Gasteiger partial charge is 0.469 e. The van der Waals surface area contributed by atoms with Gasteiger partial charge in [-0.15, -0.1) is 0 Å². The zero-order valence-electron chi connectivity index (χ0n) is 32.1. The smallest absolute Gasteiger partial charge is 0.339 e. The van der Waals surface area contributed by atoms with Crippen molar-refractivity contribution >= 4 is 11.9 Å². The van der Waals surface area contributed by atoms with Crippen LogP contribution >= 0.6 is 0 Å². The van der Waals surface area contributed by atoms with Gasteiger partial charge in [0.05, 0.1) is 30.6 Å². The van der Waals surface area contributed by atoms with Crippen molar-refractivity contribution in [2.45, 2.75) is 190 Å². The topological polar surface area (TPSA) is 167 Å². The van der Waals surface area contributed by atoms with Crippen LogP contribution in [0.25, 0.3) is 0 Å². The summed E-state index contributed by atoms with van der Waals surface area (Å²) in [5, 5.41) is 0. The summed E-state index contributed by atoms with van der Waals surface area (Å²) in [6.07, 6.45) is -3.02. The third-order valence-corrected chi connectivity index (χ3v) is 11.5. The standard InChI is InChI=1S/C38H52O16/c1-34(2)42-16-19(48-34)23-25(27-31(46-23)52-36(5,6)50-27)44-29(39)21-18-13-11-9-10-12-14-38(33(54-38)41-15-18)22(21)30(40)45-26-24(20-17-43-35(3,4)49-20)47-32-28(26)51-37(7,8)53-32/h15,19-20,23-28,31-33H,9-14,16-17H2,1-8H3/t19-,20-,23-,24-,25+,26+,27-,28-,31-,32-,33+,38+/m1/s1. The maximum Gasteiger partial charge on any atom is 0.339 e. The Balaban J connectivity index is 1.08. The maximum atomic E-state index is 15.0. The Morgan fingerprint density at radius 1 is 0.611 bits per heavy atom. The molecule has 8 heterocycles. The van der Waals surface area contributed by atoms with Crippen molar-refractivity contribution in [1.82, 2.24) is 0 Å². The average Bonchev–Trinajstić information content (AvgIpc) is 3.56. The van der Waals surface area contributed by atoms with Crippen LogP contribution in [0, 0.1) is 0 Å². The maximum absolute atomic E-state index is 15.0. The van der Waals surface area contributed by atoms with Gasteiger partial charge in [-0.3, -0.25) is 0 Å². The van der Waals surface area contributed by atoms with Gasteiger partial charge >= 0.3 is 11.9 Å². The highest BCUT2D eigenvalue weighted by molar-refractivity contribution is 6.05. The number of hydrogen-bond donors (Lipinski definition) is 0. The fraction of sp³-hybridized carbons (Fsp3) is 0.842. The molecule has 16 nitrogen and oxygen atoms in total. The lowest BCUT2D eigenvalue weighted by atomic mass is 9.84. The molecule has 16 heteroatoms. The third-order valence-electron chi connectivity index (χ3n) is 11.5. The van der Waals surface area contributed by atoms with Crippen LogP contribution in [0.1, 0.15) is 93.9 Å². The number of carbonyl (C=O) groups excluding carboxylic acids is 2. The normalized spacial score (nSPS) is 45.2. The van der Waals surface area contributed by atoms with E-state index in [-0.39, 0.29) is 24.4 Å². The minimum Gasteiger partial charge on any atom is -0.469 e. The average molecular weight is 765 g/mol. The molecule has 0 radical (unpaired) electrons. The zero-order valence-corrected chi connectivity index (χ0v) is 32.1. The summed E-state index contributed by atoms with van der Waals surface area (Å²) in [6, 6.07) is 0. The first kappa shape index (κ1) is 37.4. The Kier molecular flexibility index (Phi) is 8.92. The van der Waals surface area contributed by atoms with Gasteiger partial charge in [0, 0.05) is 5.57 Å². The number of carbonyl (C=O) groups is 2. The summed E-state index contributed by atoms with van der Waals surface area (Å²) < 4.78 is 86.6. The molecule has 8 aliphatic heterocycles. The Morgan fingerprint density at radius 2 is 1.15 bits per heavy atom. The molecule has 12 atom stereocenters. The molecular formula is C38H52O16. The predicted molar refractivity (Wildman–Crippen MR) is 178 cm³/mol. The molecule has 300 valence electrons. The van der Waals surface area contributed by atoms with Crippen molar-refractivity contribution in [2.24, 2.45) is 0 Å². The highest BCUT2D eigenvalue weighted by atomic mass is 16.9. The van der Waals surface area contributed by atoms with E-state index in [9.17, 15) is 4.79 Å². The Bertz CT molecular complexity index is 1600. The molecule has 54 heavy (non-hydrogen) atoms. The summed E-state index contributed by atoms with van der Waals surface area (Å²) in [7, 11) is 0. The first-order valence-electron chi connectivity index (χ1n) is 19.3. The van der Waals surface area contributed by atoms with Crippen molar-refractivity contribution in [3.63, 3.8) is 0 Å². The summed E-state index contributed by atoms with van der Waals surface area (Å²) in [4.78, 5) is 30.0. The van der Waals surface area contributed by atoms with Gasteiger partial charge in [-0.25, -0.2) is 9.59 Å². The van der Waals surface area contributed by atoms with Crippen LogP contribution < -0.4 is 0 Å². The molecule has 0 saturated carbocycles. The molecule has 7 saturated heterocycles. The minimum absolute atomic E-state index is 0.0312. The van der Waals surface area contributed by atoms with E-state index in [1.807, 2.05) is 0 Å². The molecular weight excluding hydrogens is 712 g/mol. The fourth-order valence-corrected chi connectivity index (χ4v) is 9.09. The van der Waals surface area contributed by atoms with E-state index in [0.717, 1.165) is 25.7 Å². The monoisotopic (exact) mass is 764 g/mol. The van der Waals surface area contributed by atoms with E-state index in [4.69, 9.17) is 66.3 Å². The van der Waals surface area contributed by atoms with Gasteiger partial charge in [0.2, 0.25) is 6.29 Å². The van der Waals surface area contributed by atoms with Gasteiger partial charge in [-0.2, -0.15) is 0 Å². The summed E-state index contributed by atoms with van der Waals surface area (Å²) in [5.41, 5.74) is -0.685. The van der Waals surface area contributed by atoms with Crippen LogP contribution in [0.15, 0.2) is 23.0 Å². The molecule has 9 rings (SSSR count). The van der Waals surface area contributed by atoms with E-state index < -0.39 is 108 Å². The second-order valence-electron chi connectivity index (χ2n) is 17.4. The van der Waals surface area contributed by atoms with Crippen molar-refractivity contribution in [1.29, 1.82) is 0 Å². The molecule has 1 spiro atoms. The van der Waals surface area contributed by atoms with Crippen molar-refractivity contribution in [3.05, 3.63) is 23.0 Å². The van der Waals surface area contributed by atoms with Crippen molar-refractivity contribution in [2.75, 3.05) is 13.2 Å². The van der Waals surface area contributed by atoms with E-state index in [1.165, 1.54) is 6.26 Å². The quantitative estimate of drug-likeness (QED) is 0.285. The number of ether oxygens (including phenoxy) is 14. The van der Waals surface area contributed by atoms with Gasteiger partial charge in [0.15, 0.2) is 65.7 Å². The summed E-state index contributed by atoms with van der Waals surface area (Å²) in [6.45, 7) is 14.7. The Morgan fingerprint density at radius 3 is 1.69 bits per heavy atom. The summed E-state index contributed by atoms with van der Waals surface area (Å²) >= 11 is 0. The lowest BCUT2D eigenvalue weighted by molar-refractivity contribution is -0.235. The molecule has 1 aliphatic carbocycles. The molecule has 7 fully saturated rings. The van der Waals surface area contributed by atoms with Crippen LogP contribution in [-0.4, -0.2) is 122 Å². The lowest BCUT2D eigenvalue weighted by Crippen LogP contribution is -2.46. The van der Waals surface area contributed by atoms with E-state index in [1.54, 1.807) is 55.4 Å². The van der Waals surface area contributed by atoms with E-state index in [2.05, 4.69) is 0 Å².